The molecule has 3 saturated carbocycles. The van der Waals surface area contributed by atoms with Crippen molar-refractivity contribution >= 4 is 0 Å². The monoisotopic (exact) mass is 404 g/mol. The molecule has 166 valence electrons. The van der Waals surface area contributed by atoms with E-state index in [0.29, 0.717) is 36.5 Å². The zero-order valence-electron chi connectivity index (χ0n) is 19.2. The summed E-state index contributed by atoms with van der Waals surface area (Å²) in [5.74, 6) is 2.19. The number of allylic oxidation sites excluding steroid dienone is 3. The van der Waals surface area contributed by atoms with Crippen LogP contribution in [-0.2, 0) is 0 Å². The van der Waals surface area contributed by atoms with Gasteiger partial charge in [-0.1, -0.05) is 50.0 Å². The molecule has 0 radical (unpaired) electrons. The zero-order valence-corrected chi connectivity index (χ0v) is 19.2. The van der Waals surface area contributed by atoms with Gasteiger partial charge in [-0.05, 0) is 94.8 Å². The molecular weight excluding hydrogens is 360 g/mol. The quantitative estimate of drug-likeness (QED) is 0.545. The Morgan fingerprint density at radius 3 is 2.48 bits per heavy atom. The lowest BCUT2D eigenvalue weighted by atomic mass is 9.60. The predicted molar refractivity (Wildman–Crippen MR) is 120 cm³/mol. The van der Waals surface area contributed by atoms with Gasteiger partial charge in [0.25, 0.3) is 0 Å². The van der Waals surface area contributed by atoms with Crippen molar-refractivity contribution in [3.8, 4) is 0 Å². The van der Waals surface area contributed by atoms with Crippen molar-refractivity contribution in [3.63, 3.8) is 0 Å². The van der Waals surface area contributed by atoms with Crippen molar-refractivity contribution in [1.29, 1.82) is 0 Å². The zero-order chi connectivity index (χ0) is 21.2. The molecule has 3 nitrogen and oxygen atoms in total. The van der Waals surface area contributed by atoms with Gasteiger partial charge in [-0.3, -0.25) is 0 Å². The van der Waals surface area contributed by atoms with Gasteiger partial charge in [0.1, 0.15) is 0 Å². The lowest BCUT2D eigenvalue weighted by Gasteiger charge is -2.44. The summed E-state index contributed by atoms with van der Waals surface area (Å²) in [5, 5.41) is 29.9. The number of fused-ring (bicyclic) bond motifs is 1. The standard InChI is InChI=1S/C26H44O3/c1-18(7-5-13-25(2,3)29)23-11-12-24-20(8-6-14-26(23,24)4)10-9-19-15-21(27)17-22(28)16-19/h9-10,18,21-24,27-29H,5-8,11-17H2,1-4H3/b19-9?,20-10+/t18-,21-,22+,23-,24+,26-/m1/s1. The lowest BCUT2D eigenvalue weighted by Crippen LogP contribution is -2.36. The highest BCUT2D eigenvalue weighted by molar-refractivity contribution is 5.26. The molecule has 0 bridgehead atoms. The second-order valence-electron chi connectivity index (χ2n) is 11.3. The fourth-order valence-electron chi connectivity index (χ4n) is 6.80. The first-order valence-corrected chi connectivity index (χ1v) is 12.1. The lowest BCUT2D eigenvalue weighted by molar-refractivity contribution is 0.0591. The van der Waals surface area contributed by atoms with Crippen molar-refractivity contribution in [2.24, 2.45) is 23.2 Å². The Morgan fingerprint density at radius 2 is 1.83 bits per heavy atom. The average molecular weight is 405 g/mol. The summed E-state index contributed by atoms with van der Waals surface area (Å²) in [6.07, 6.45) is 15.4. The molecule has 0 saturated heterocycles. The van der Waals surface area contributed by atoms with E-state index in [2.05, 4.69) is 26.0 Å². The van der Waals surface area contributed by atoms with Crippen molar-refractivity contribution < 1.29 is 15.3 Å². The van der Waals surface area contributed by atoms with E-state index in [1.54, 1.807) is 5.57 Å². The molecule has 3 aliphatic carbocycles. The molecule has 0 unspecified atom stereocenters. The smallest absolute Gasteiger partial charge is 0.0602 e. The second-order valence-corrected chi connectivity index (χ2v) is 11.3. The highest BCUT2D eigenvalue weighted by atomic mass is 16.3. The highest BCUT2D eigenvalue weighted by Gasteiger charge is 2.50. The molecule has 0 aromatic rings. The maximum absolute atomic E-state index is 10.0. The minimum absolute atomic E-state index is 0.388. The molecule has 0 spiro atoms. The maximum Gasteiger partial charge on any atom is 0.0602 e. The first-order valence-electron chi connectivity index (χ1n) is 12.1. The summed E-state index contributed by atoms with van der Waals surface area (Å²) >= 11 is 0. The third kappa shape index (κ3) is 5.74. The van der Waals surface area contributed by atoms with Gasteiger partial charge in [-0.25, -0.2) is 0 Å². The largest absolute Gasteiger partial charge is 0.393 e. The van der Waals surface area contributed by atoms with E-state index < -0.39 is 5.60 Å². The molecule has 3 fully saturated rings. The fraction of sp³-hybridized carbons (Fsp3) is 0.846. The molecular formula is C26H44O3. The van der Waals surface area contributed by atoms with Crippen LogP contribution in [0.3, 0.4) is 0 Å². The maximum atomic E-state index is 10.0. The number of aliphatic hydroxyl groups is 3. The summed E-state index contributed by atoms with van der Waals surface area (Å²) < 4.78 is 0. The third-order valence-electron chi connectivity index (χ3n) is 8.25. The summed E-state index contributed by atoms with van der Waals surface area (Å²) in [4.78, 5) is 0. The van der Waals surface area contributed by atoms with Crippen LogP contribution < -0.4 is 0 Å². The summed E-state index contributed by atoms with van der Waals surface area (Å²) in [6, 6.07) is 0. The van der Waals surface area contributed by atoms with Crippen LogP contribution >= 0.6 is 0 Å². The van der Waals surface area contributed by atoms with Crippen LogP contribution in [0.5, 0.6) is 0 Å². The van der Waals surface area contributed by atoms with E-state index >= 15 is 0 Å². The molecule has 3 rings (SSSR count). The van der Waals surface area contributed by atoms with E-state index in [0.717, 1.165) is 18.8 Å². The first kappa shape index (κ1) is 23.0. The van der Waals surface area contributed by atoms with E-state index in [9.17, 15) is 15.3 Å². The molecule has 0 heterocycles. The molecule has 29 heavy (non-hydrogen) atoms. The van der Waals surface area contributed by atoms with Gasteiger partial charge in [0.05, 0.1) is 17.8 Å². The summed E-state index contributed by atoms with van der Waals surface area (Å²) in [6.45, 7) is 8.81. The van der Waals surface area contributed by atoms with Gasteiger partial charge in [-0.15, -0.1) is 0 Å². The Balaban J connectivity index is 1.66. The van der Waals surface area contributed by atoms with E-state index in [4.69, 9.17) is 0 Å². The van der Waals surface area contributed by atoms with Crippen LogP contribution in [0, 0.1) is 23.2 Å². The van der Waals surface area contributed by atoms with Crippen LogP contribution in [0.25, 0.3) is 0 Å². The first-order chi connectivity index (χ1) is 13.6. The van der Waals surface area contributed by atoms with Crippen molar-refractivity contribution in [2.45, 2.75) is 116 Å². The number of rotatable bonds is 6. The van der Waals surface area contributed by atoms with E-state index in [1.165, 1.54) is 44.1 Å². The third-order valence-corrected chi connectivity index (χ3v) is 8.25. The molecule has 3 heteroatoms. The van der Waals surface area contributed by atoms with Gasteiger partial charge in [0.2, 0.25) is 0 Å². The van der Waals surface area contributed by atoms with Crippen LogP contribution in [-0.4, -0.2) is 33.1 Å². The molecule has 0 aromatic carbocycles. The second kappa shape index (κ2) is 9.24. The Labute approximate surface area is 178 Å². The molecule has 0 aliphatic heterocycles. The van der Waals surface area contributed by atoms with Crippen molar-refractivity contribution in [3.05, 3.63) is 23.3 Å². The predicted octanol–water partition coefficient (Wildman–Crippen LogP) is 5.54. The number of hydrogen-bond donors (Lipinski definition) is 3. The SMILES string of the molecule is C[C@H](CCCC(C)(C)O)[C@H]1CC[C@H]2/C(=C/C=C3C[C@@H](O)C[C@@H](O)C3)CCC[C@]12C. The molecule has 3 aliphatic rings. The number of hydrogen-bond acceptors (Lipinski definition) is 3. The highest BCUT2D eigenvalue weighted by Crippen LogP contribution is 2.59. The minimum atomic E-state index is -0.545. The average Bonchev–Trinajstić information content (AvgIpc) is 2.95. The Kier molecular flexibility index (Phi) is 7.34. The Bertz CT molecular complexity index is 602. The summed E-state index contributed by atoms with van der Waals surface area (Å²) in [5.41, 5.74) is 2.66. The van der Waals surface area contributed by atoms with Crippen LogP contribution in [0.2, 0.25) is 0 Å². The normalized spacial score (nSPS) is 39.7. The van der Waals surface area contributed by atoms with Crippen molar-refractivity contribution in [1.82, 2.24) is 0 Å². The molecule has 6 atom stereocenters. The molecule has 0 amide bonds. The van der Waals surface area contributed by atoms with Crippen LogP contribution in [0.1, 0.15) is 98.3 Å². The summed E-state index contributed by atoms with van der Waals surface area (Å²) in [7, 11) is 0. The van der Waals surface area contributed by atoms with Gasteiger partial charge in [-0.2, -0.15) is 0 Å². The molecule has 3 N–H and O–H groups in total. The van der Waals surface area contributed by atoms with E-state index in [1.807, 2.05) is 13.8 Å². The minimum Gasteiger partial charge on any atom is -0.393 e. The van der Waals surface area contributed by atoms with Crippen molar-refractivity contribution in [2.75, 3.05) is 0 Å². The van der Waals surface area contributed by atoms with Crippen LogP contribution in [0.4, 0.5) is 0 Å². The molecule has 0 aromatic heterocycles. The Hall–Kier alpha value is -0.640. The number of aliphatic hydroxyl groups excluding tert-OH is 2. The van der Waals surface area contributed by atoms with Gasteiger partial charge in [0, 0.05) is 0 Å². The Morgan fingerprint density at radius 1 is 1.14 bits per heavy atom. The van der Waals surface area contributed by atoms with Gasteiger partial charge in [0.15, 0.2) is 0 Å². The van der Waals surface area contributed by atoms with Gasteiger partial charge < -0.3 is 15.3 Å². The van der Waals surface area contributed by atoms with Gasteiger partial charge >= 0.3 is 0 Å². The topological polar surface area (TPSA) is 60.7 Å². The fourth-order valence-corrected chi connectivity index (χ4v) is 6.80. The van der Waals surface area contributed by atoms with Crippen LogP contribution in [0.15, 0.2) is 23.3 Å². The van der Waals surface area contributed by atoms with E-state index in [-0.39, 0.29) is 12.2 Å².